The third kappa shape index (κ3) is 4.77. The van der Waals surface area contributed by atoms with Crippen LogP contribution in [0.25, 0.3) is 11.6 Å². The van der Waals surface area contributed by atoms with Crippen LogP contribution >= 0.6 is 0 Å². The fourth-order valence-electron chi connectivity index (χ4n) is 3.43. The summed E-state index contributed by atoms with van der Waals surface area (Å²) in [5, 5.41) is 3.18. The Bertz CT molecular complexity index is 828. The smallest absolute Gasteiger partial charge is 0.255 e. The minimum atomic E-state index is -0.304. The van der Waals surface area contributed by atoms with Crippen LogP contribution in [0, 0.1) is 12.8 Å². The van der Waals surface area contributed by atoms with Gasteiger partial charge in [0.1, 0.15) is 0 Å². The fourth-order valence-corrected chi connectivity index (χ4v) is 3.43. The van der Waals surface area contributed by atoms with Crippen LogP contribution < -0.4 is 10.9 Å². The second-order valence-electron chi connectivity index (χ2n) is 6.94. The average molecular weight is 370 g/mol. The van der Waals surface area contributed by atoms with Gasteiger partial charge in [-0.2, -0.15) is 0 Å². The van der Waals surface area contributed by atoms with Gasteiger partial charge in [-0.05, 0) is 51.8 Å². The number of H-pyrrole nitrogens is 1. The Balaban J connectivity index is 1.66. The van der Waals surface area contributed by atoms with Crippen molar-refractivity contribution in [3.63, 3.8) is 0 Å². The van der Waals surface area contributed by atoms with Crippen molar-refractivity contribution in [3.05, 3.63) is 40.1 Å². The number of carbonyl (C=O) groups is 1. The van der Waals surface area contributed by atoms with Crippen LogP contribution in [-0.2, 0) is 11.2 Å². The topological polar surface area (TPSA) is 104 Å². The number of rotatable bonds is 6. The number of piperidine rings is 1. The number of likely N-dealkylation sites (tertiary alicyclic amines) is 1. The third-order valence-electron chi connectivity index (χ3n) is 5.10. The van der Waals surface area contributed by atoms with E-state index in [1.54, 1.807) is 25.4 Å². The van der Waals surface area contributed by atoms with E-state index in [9.17, 15) is 9.59 Å². The number of nitrogens with one attached hydrogen (secondary N) is 2. The van der Waals surface area contributed by atoms with Gasteiger partial charge in [0, 0.05) is 36.7 Å². The minimum Gasteiger partial charge on any atom is -0.342 e. The van der Waals surface area contributed by atoms with Gasteiger partial charge in [0.05, 0.1) is 6.42 Å². The largest absolute Gasteiger partial charge is 0.342 e. The molecule has 2 aromatic rings. The predicted molar refractivity (Wildman–Crippen MR) is 102 cm³/mol. The molecule has 0 spiro atoms. The summed E-state index contributed by atoms with van der Waals surface area (Å²) >= 11 is 0. The van der Waals surface area contributed by atoms with Gasteiger partial charge in [0.15, 0.2) is 11.6 Å². The molecule has 0 saturated carbocycles. The lowest BCUT2D eigenvalue weighted by Gasteiger charge is -2.32. The van der Waals surface area contributed by atoms with E-state index in [4.69, 9.17) is 0 Å². The molecule has 3 rings (SSSR count). The zero-order valence-corrected chi connectivity index (χ0v) is 15.9. The van der Waals surface area contributed by atoms with Gasteiger partial charge < -0.3 is 15.2 Å². The van der Waals surface area contributed by atoms with E-state index in [1.165, 1.54) is 0 Å². The molecule has 1 aliphatic rings. The molecule has 0 aliphatic carbocycles. The summed E-state index contributed by atoms with van der Waals surface area (Å²) in [5.41, 5.74) is 0.651. The van der Waals surface area contributed by atoms with E-state index in [2.05, 4.69) is 25.3 Å². The van der Waals surface area contributed by atoms with Crippen molar-refractivity contribution >= 4 is 5.91 Å². The van der Waals surface area contributed by atoms with E-state index in [-0.39, 0.29) is 17.9 Å². The molecule has 0 bridgehead atoms. The van der Waals surface area contributed by atoms with Crippen molar-refractivity contribution in [2.75, 3.05) is 26.7 Å². The van der Waals surface area contributed by atoms with Crippen molar-refractivity contribution in [2.45, 2.75) is 32.6 Å². The SMILES string of the molecule is CNCCC1CCN(C(=O)Cc2c(C)nc(-c3ncccn3)[nH]c2=O)CC1. The number of hydrogen-bond donors (Lipinski definition) is 2. The van der Waals surface area contributed by atoms with Crippen molar-refractivity contribution < 1.29 is 4.79 Å². The lowest BCUT2D eigenvalue weighted by atomic mass is 9.93. The normalized spacial score (nSPS) is 15.1. The first kappa shape index (κ1) is 19.2. The van der Waals surface area contributed by atoms with Crippen molar-refractivity contribution in [3.8, 4) is 11.6 Å². The molecule has 3 heterocycles. The van der Waals surface area contributed by atoms with E-state index in [0.29, 0.717) is 28.8 Å². The minimum absolute atomic E-state index is 0.0128. The van der Waals surface area contributed by atoms with Gasteiger partial charge in [0.2, 0.25) is 5.91 Å². The summed E-state index contributed by atoms with van der Waals surface area (Å²) in [4.78, 5) is 42.3. The van der Waals surface area contributed by atoms with Gasteiger partial charge in [0.25, 0.3) is 5.56 Å². The molecular weight excluding hydrogens is 344 g/mol. The van der Waals surface area contributed by atoms with Crippen LogP contribution in [0.5, 0.6) is 0 Å². The van der Waals surface area contributed by atoms with Gasteiger partial charge in [-0.3, -0.25) is 9.59 Å². The van der Waals surface area contributed by atoms with E-state index in [1.807, 2.05) is 11.9 Å². The number of aromatic amines is 1. The highest BCUT2D eigenvalue weighted by molar-refractivity contribution is 5.79. The zero-order valence-electron chi connectivity index (χ0n) is 15.9. The maximum Gasteiger partial charge on any atom is 0.255 e. The Morgan fingerprint density at radius 2 is 2.00 bits per heavy atom. The summed E-state index contributed by atoms with van der Waals surface area (Å²) < 4.78 is 0. The Hall–Kier alpha value is -2.61. The Kier molecular flexibility index (Phi) is 6.28. The van der Waals surface area contributed by atoms with Gasteiger partial charge in [-0.25, -0.2) is 15.0 Å². The maximum absolute atomic E-state index is 12.7. The average Bonchev–Trinajstić information content (AvgIpc) is 2.70. The number of amides is 1. The molecule has 1 saturated heterocycles. The second-order valence-corrected chi connectivity index (χ2v) is 6.94. The van der Waals surface area contributed by atoms with Crippen LogP contribution in [0.15, 0.2) is 23.3 Å². The maximum atomic E-state index is 12.7. The highest BCUT2D eigenvalue weighted by Crippen LogP contribution is 2.20. The summed E-state index contributed by atoms with van der Waals surface area (Å²) in [6, 6.07) is 1.70. The van der Waals surface area contributed by atoms with E-state index >= 15 is 0 Å². The molecule has 1 fully saturated rings. The number of hydrogen-bond acceptors (Lipinski definition) is 6. The van der Waals surface area contributed by atoms with Gasteiger partial charge >= 0.3 is 0 Å². The van der Waals surface area contributed by atoms with E-state index in [0.717, 1.165) is 38.9 Å². The highest BCUT2D eigenvalue weighted by atomic mass is 16.2. The Labute approximate surface area is 158 Å². The summed E-state index contributed by atoms with van der Waals surface area (Å²) in [5.74, 6) is 1.33. The quantitative estimate of drug-likeness (QED) is 0.784. The highest BCUT2D eigenvalue weighted by Gasteiger charge is 2.24. The predicted octanol–water partition coefficient (Wildman–Crippen LogP) is 0.926. The number of nitrogens with zero attached hydrogens (tertiary/aromatic N) is 4. The first-order valence-corrected chi connectivity index (χ1v) is 9.38. The molecule has 0 unspecified atom stereocenters. The lowest BCUT2D eigenvalue weighted by molar-refractivity contribution is -0.131. The molecule has 1 amide bonds. The summed E-state index contributed by atoms with van der Waals surface area (Å²) in [6.45, 7) is 4.27. The molecule has 0 atom stereocenters. The number of aromatic nitrogens is 4. The Morgan fingerprint density at radius 3 is 2.63 bits per heavy atom. The molecule has 2 aromatic heterocycles. The van der Waals surface area contributed by atoms with Gasteiger partial charge in [-0.1, -0.05) is 0 Å². The molecule has 0 radical (unpaired) electrons. The molecule has 8 nitrogen and oxygen atoms in total. The molecule has 0 aromatic carbocycles. The fraction of sp³-hybridized carbons (Fsp3) is 0.526. The lowest BCUT2D eigenvalue weighted by Crippen LogP contribution is -2.40. The van der Waals surface area contributed by atoms with Crippen LogP contribution in [-0.4, -0.2) is 57.4 Å². The summed E-state index contributed by atoms with van der Waals surface area (Å²) in [7, 11) is 1.96. The molecule has 27 heavy (non-hydrogen) atoms. The first-order chi connectivity index (χ1) is 13.1. The molecule has 8 heteroatoms. The molecular formula is C19H26N6O2. The Morgan fingerprint density at radius 1 is 1.30 bits per heavy atom. The first-order valence-electron chi connectivity index (χ1n) is 9.38. The van der Waals surface area contributed by atoms with E-state index < -0.39 is 0 Å². The molecule has 144 valence electrons. The van der Waals surface area contributed by atoms with Crippen LogP contribution in [0.4, 0.5) is 0 Å². The molecule has 2 N–H and O–H groups in total. The monoisotopic (exact) mass is 370 g/mol. The zero-order chi connectivity index (χ0) is 19.2. The number of aryl methyl sites for hydroxylation is 1. The third-order valence-corrected chi connectivity index (χ3v) is 5.10. The van der Waals surface area contributed by atoms with Crippen molar-refractivity contribution in [2.24, 2.45) is 5.92 Å². The van der Waals surface area contributed by atoms with Gasteiger partial charge in [-0.15, -0.1) is 0 Å². The second kappa shape index (κ2) is 8.85. The standard InChI is InChI=1S/C19H26N6O2/c1-13-15(19(27)24-18(23-13)17-21-7-3-8-22-17)12-16(26)25-10-5-14(6-11-25)4-9-20-2/h3,7-8,14,20H,4-6,9-12H2,1-2H3,(H,23,24,27). The van der Waals surface area contributed by atoms with Crippen molar-refractivity contribution in [1.82, 2.24) is 30.2 Å². The molecule has 1 aliphatic heterocycles. The number of carbonyl (C=O) groups excluding carboxylic acids is 1. The summed E-state index contributed by atoms with van der Waals surface area (Å²) in [6.07, 6.45) is 6.44. The van der Waals surface area contributed by atoms with Crippen molar-refractivity contribution in [1.29, 1.82) is 0 Å². The van der Waals surface area contributed by atoms with Crippen LogP contribution in [0.2, 0.25) is 0 Å². The van der Waals surface area contributed by atoms with Crippen LogP contribution in [0.1, 0.15) is 30.5 Å². The van der Waals surface area contributed by atoms with Crippen LogP contribution in [0.3, 0.4) is 0 Å².